The van der Waals surface area contributed by atoms with E-state index in [1.165, 1.54) is 4.68 Å². The molecular formula is C12H10Cl2F3N3. The van der Waals surface area contributed by atoms with Crippen molar-refractivity contribution in [3.8, 4) is 5.82 Å². The molecule has 0 aliphatic rings. The van der Waals surface area contributed by atoms with Crippen molar-refractivity contribution in [1.29, 1.82) is 0 Å². The molecule has 0 saturated heterocycles. The Morgan fingerprint density at radius 1 is 1.25 bits per heavy atom. The van der Waals surface area contributed by atoms with Gasteiger partial charge in [0.05, 0.1) is 16.3 Å². The van der Waals surface area contributed by atoms with Crippen LogP contribution in [0.3, 0.4) is 0 Å². The average Bonchev–Trinajstić information content (AvgIpc) is 2.69. The third kappa shape index (κ3) is 3.07. The summed E-state index contributed by atoms with van der Waals surface area (Å²) in [6.07, 6.45) is -2.19. The second-order valence-electron chi connectivity index (χ2n) is 4.15. The Bertz CT molecular complexity index is 623. The lowest BCUT2D eigenvalue weighted by Gasteiger charge is -2.09. The first-order chi connectivity index (χ1) is 9.32. The molecule has 3 nitrogen and oxygen atoms in total. The van der Waals surface area contributed by atoms with Crippen molar-refractivity contribution in [3.63, 3.8) is 0 Å². The number of pyridine rings is 1. The summed E-state index contributed by atoms with van der Waals surface area (Å²) >= 11 is 11.8. The Morgan fingerprint density at radius 2 is 1.95 bits per heavy atom. The molecule has 0 spiro atoms. The van der Waals surface area contributed by atoms with Gasteiger partial charge in [0.2, 0.25) is 0 Å². The van der Waals surface area contributed by atoms with Gasteiger partial charge in [0, 0.05) is 6.20 Å². The van der Waals surface area contributed by atoms with E-state index in [4.69, 9.17) is 23.2 Å². The van der Waals surface area contributed by atoms with Gasteiger partial charge in [-0.15, -0.1) is 0 Å². The van der Waals surface area contributed by atoms with Crippen LogP contribution in [0.1, 0.15) is 24.6 Å². The highest BCUT2D eigenvalue weighted by atomic mass is 35.5. The fourth-order valence-electron chi connectivity index (χ4n) is 1.67. The molecule has 2 rings (SSSR count). The number of halogens is 5. The molecule has 2 aromatic heterocycles. The van der Waals surface area contributed by atoms with E-state index in [2.05, 4.69) is 10.1 Å². The van der Waals surface area contributed by atoms with Gasteiger partial charge in [-0.25, -0.2) is 9.67 Å². The third-order valence-electron chi connectivity index (χ3n) is 2.57. The fourth-order valence-corrected chi connectivity index (χ4v) is 2.16. The molecule has 0 fully saturated rings. The van der Waals surface area contributed by atoms with Crippen LogP contribution in [0.25, 0.3) is 5.82 Å². The van der Waals surface area contributed by atoms with Crippen molar-refractivity contribution >= 4 is 23.2 Å². The number of hydrogen-bond acceptors (Lipinski definition) is 2. The van der Waals surface area contributed by atoms with Crippen molar-refractivity contribution in [1.82, 2.24) is 14.8 Å². The van der Waals surface area contributed by atoms with Gasteiger partial charge < -0.3 is 0 Å². The standard InChI is InChI=1S/C12H10Cl2F3N3/c1-2-3-8-5-10(14)20(19-8)11-9(13)4-7(6-18-11)12(15,16)17/h4-6H,2-3H2,1H3. The van der Waals surface area contributed by atoms with Crippen LogP contribution < -0.4 is 0 Å². The first kappa shape index (κ1) is 15.1. The summed E-state index contributed by atoms with van der Waals surface area (Å²) in [4.78, 5) is 3.71. The second kappa shape index (κ2) is 5.61. The van der Waals surface area contributed by atoms with Gasteiger partial charge in [-0.1, -0.05) is 36.5 Å². The first-order valence-electron chi connectivity index (χ1n) is 5.80. The quantitative estimate of drug-likeness (QED) is 0.829. The lowest BCUT2D eigenvalue weighted by molar-refractivity contribution is -0.137. The van der Waals surface area contributed by atoms with E-state index in [1.54, 1.807) is 6.07 Å². The van der Waals surface area contributed by atoms with Gasteiger partial charge in [-0.3, -0.25) is 0 Å². The van der Waals surface area contributed by atoms with Gasteiger partial charge >= 0.3 is 6.18 Å². The van der Waals surface area contributed by atoms with Crippen LogP contribution >= 0.6 is 23.2 Å². The lowest BCUT2D eigenvalue weighted by Crippen LogP contribution is -2.08. The van der Waals surface area contributed by atoms with E-state index in [9.17, 15) is 13.2 Å². The molecular weight excluding hydrogens is 314 g/mol. The number of hydrogen-bond donors (Lipinski definition) is 0. The molecule has 0 aliphatic heterocycles. The number of aryl methyl sites for hydroxylation is 1. The monoisotopic (exact) mass is 323 g/mol. The SMILES string of the molecule is CCCc1cc(Cl)n(-c2ncc(C(F)(F)F)cc2Cl)n1. The Hall–Kier alpha value is -1.27. The number of alkyl halides is 3. The molecule has 0 amide bonds. The van der Waals surface area contributed by atoms with Crippen molar-refractivity contribution in [3.05, 3.63) is 39.8 Å². The van der Waals surface area contributed by atoms with Crippen LogP contribution in [0.2, 0.25) is 10.2 Å². The molecule has 0 aliphatic carbocycles. The molecule has 0 N–H and O–H groups in total. The Balaban J connectivity index is 2.43. The number of rotatable bonds is 3. The van der Waals surface area contributed by atoms with Crippen LogP contribution in [0.15, 0.2) is 18.3 Å². The molecule has 0 aromatic carbocycles. The Labute approximate surface area is 123 Å². The van der Waals surface area contributed by atoms with E-state index < -0.39 is 11.7 Å². The van der Waals surface area contributed by atoms with Crippen LogP contribution in [0, 0.1) is 0 Å². The van der Waals surface area contributed by atoms with Crippen molar-refractivity contribution < 1.29 is 13.2 Å². The minimum absolute atomic E-state index is 0.0759. The predicted octanol–water partition coefficient (Wildman–Crippen LogP) is 4.55. The smallest absolute Gasteiger partial charge is 0.235 e. The molecule has 0 bridgehead atoms. The van der Waals surface area contributed by atoms with Gasteiger partial charge in [0.15, 0.2) is 5.82 Å². The Kier molecular flexibility index (Phi) is 4.25. The summed E-state index contributed by atoms with van der Waals surface area (Å²) in [5, 5.41) is 4.27. The minimum atomic E-state index is -4.49. The molecule has 0 unspecified atom stereocenters. The van der Waals surface area contributed by atoms with Crippen LogP contribution in [-0.2, 0) is 12.6 Å². The van der Waals surface area contributed by atoms with Crippen molar-refractivity contribution in [2.24, 2.45) is 0 Å². The first-order valence-corrected chi connectivity index (χ1v) is 6.56. The summed E-state index contributed by atoms with van der Waals surface area (Å²) in [5.41, 5.74) is -0.182. The lowest BCUT2D eigenvalue weighted by atomic mass is 10.3. The zero-order valence-electron chi connectivity index (χ0n) is 10.4. The van der Waals surface area contributed by atoms with Crippen LogP contribution in [-0.4, -0.2) is 14.8 Å². The maximum Gasteiger partial charge on any atom is 0.417 e. The molecule has 0 saturated carbocycles. The zero-order valence-corrected chi connectivity index (χ0v) is 11.9. The molecule has 8 heteroatoms. The van der Waals surface area contributed by atoms with Crippen LogP contribution in [0.4, 0.5) is 13.2 Å². The minimum Gasteiger partial charge on any atom is -0.235 e. The maximum atomic E-state index is 12.5. The fraction of sp³-hybridized carbons (Fsp3) is 0.333. The van der Waals surface area contributed by atoms with Gasteiger partial charge in [-0.2, -0.15) is 18.3 Å². The third-order valence-corrected chi connectivity index (χ3v) is 3.12. The number of aromatic nitrogens is 3. The average molecular weight is 324 g/mol. The highest BCUT2D eigenvalue weighted by Gasteiger charge is 2.32. The Morgan fingerprint density at radius 3 is 2.50 bits per heavy atom. The summed E-state index contributed by atoms with van der Waals surface area (Å²) in [6, 6.07) is 2.45. The summed E-state index contributed by atoms with van der Waals surface area (Å²) in [5.74, 6) is 0.0759. The van der Waals surface area contributed by atoms with Crippen LogP contribution in [0.5, 0.6) is 0 Å². The summed E-state index contributed by atoms with van der Waals surface area (Å²) in [6.45, 7) is 1.98. The summed E-state index contributed by atoms with van der Waals surface area (Å²) < 4.78 is 38.8. The van der Waals surface area contributed by atoms with Crippen molar-refractivity contribution in [2.45, 2.75) is 25.9 Å². The van der Waals surface area contributed by atoms with E-state index in [0.717, 1.165) is 18.2 Å². The zero-order chi connectivity index (χ0) is 14.9. The highest BCUT2D eigenvalue weighted by Crippen LogP contribution is 2.32. The topological polar surface area (TPSA) is 30.7 Å². The predicted molar refractivity (Wildman–Crippen MR) is 70.4 cm³/mol. The molecule has 20 heavy (non-hydrogen) atoms. The summed E-state index contributed by atoms with van der Waals surface area (Å²) in [7, 11) is 0. The van der Waals surface area contributed by atoms with Gasteiger partial charge in [-0.05, 0) is 18.6 Å². The highest BCUT2D eigenvalue weighted by molar-refractivity contribution is 6.33. The van der Waals surface area contributed by atoms with E-state index in [0.29, 0.717) is 12.6 Å². The number of nitrogens with zero attached hydrogens (tertiary/aromatic N) is 3. The van der Waals surface area contributed by atoms with E-state index in [-0.39, 0.29) is 16.0 Å². The molecule has 0 atom stereocenters. The molecule has 108 valence electrons. The van der Waals surface area contributed by atoms with Crippen molar-refractivity contribution in [2.75, 3.05) is 0 Å². The van der Waals surface area contributed by atoms with E-state index in [1.807, 2.05) is 6.92 Å². The molecule has 0 radical (unpaired) electrons. The van der Waals surface area contributed by atoms with Gasteiger partial charge in [0.1, 0.15) is 5.15 Å². The normalized spacial score (nSPS) is 11.9. The maximum absolute atomic E-state index is 12.5. The molecule has 2 heterocycles. The second-order valence-corrected chi connectivity index (χ2v) is 4.94. The molecule has 2 aromatic rings. The van der Waals surface area contributed by atoms with E-state index >= 15 is 0 Å². The van der Waals surface area contributed by atoms with Gasteiger partial charge in [0.25, 0.3) is 0 Å². The largest absolute Gasteiger partial charge is 0.417 e.